The molecule has 1 N–H and O–H groups in total. The van der Waals surface area contributed by atoms with Crippen molar-refractivity contribution in [2.45, 2.75) is 57.8 Å². The Morgan fingerprint density at radius 3 is 2.40 bits per heavy atom. The van der Waals surface area contributed by atoms with Gasteiger partial charge in [0.05, 0.1) is 0 Å². The van der Waals surface area contributed by atoms with Crippen LogP contribution in [0.25, 0.3) is 0 Å². The summed E-state index contributed by atoms with van der Waals surface area (Å²) in [5, 5.41) is 4.79. The van der Waals surface area contributed by atoms with Crippen LogP contribution in [0.1, 0.15) is 57.8 Å². The molecule has 0 atom stereocenters. The molecular formula is C13H26BrN. The molecule has 0 amide bonds. The highest BCUT2D eigenvalue weighted by atomic mass is 79.9. The second-order valence-electron chi connectivity index (χ2n) is 4.81. The third-order valence-electron chi connectivity index (χ3n) is 3.39. The average Bonchev–Trinajstić information content (AvgIpc) is 2.29. The molecule has 0 heterocycles. The van der Waals surface area contributed by atoms with E-state index in [4.69, 9.17) is 0 Å². The van der Waals surface area contributed by atoms with Crippen LogP contribution < -0.4 is 5.32 Å². The fourth-order valence-electron chi connectivity index (χ4n) is 2.40. The van der Waals surface area contributed by atoms with Gasteiger partial charge in [-0.2, -0.15) is 0 Å². The Bertz CT molecular complexity index is 132. The molecule has 0 aromatic rings. The highest BCUT2D eigenvalue weighted by Crippen LogP contribution is 2.22. The topological polar surface area (TPSA) is 12.0 Å². The van der Waals surface area contributed by atoms with E-state index >= 15 is 0 Å². The van der Waals surface area contributed by atoms with Crippen molar-refractivity contribution < 1.29 is 0 Å². The lowest BCUT2D eigenvalue weighted by Gasteiger charge is -2.21. The van der Waals surface area contributed by atoms with Gasteiger partial charge in [-0.15, -0.1) is 0 Å². The Morgan fingerprint density at radius 2 is 1.67 bits per heavy atom. The number of rotatable bonds is 8. The van der Waals surface area contributed by atoms with Gasteiger partial charge in [-0.3, -0.25) is 0 Å². The van der Waals surface area contributed by atoms with Gasteiger partial charge in [0.1, 0.15) is 0 Å². The maximum Gasteiger partial charge on any atom is 0.00313 e. The van der Waals surface area contributed by atoms with Crippen LogP contribution in [0.2, 0.25) is 0 Å². The highest BCUT2D eigenvalue weighted by molar-refractivity contribution is 9.09. The minimum atomic E-state index is 0.987. The second kappa shape index (κ2) is 9.65. The van der Waals surface area contributed by atoms with Gasteiger partial charge >= 0.3 is 0 Å². The van der Waals surface area contributed by atoms with Crippen molar-refractivity contribution in [1.82, 2.24) is 5.32 Å². The fourth-order valence-corrected chi connectivity index (χ4v) is 2.79. The number of hydrogen-bond acceptors (Lipinski definition) is 1. The Labute approximate surface area is 104 Å². The van der Waals surface area contributed by atoms with E-state index in [2.05, 4.69) is 21.2 Å². The minimum Gasteiger partial charge on any atom is -0.316 e. The first kappa shape index (κ1) is 13.5. The van der Waals surface area contributed by atoms with Crippen molar-refractivity contribution in [1.29, 1.82) is 0 Å². The third-order valence-corrected chi connectivity index (χ3v) is 3.96. The van der Waals surface area contributed by atoms with Gasteiger partial charge in [-0.05, 0) is 44.7 Å². The zero-order chi connectivity index (χ0) is 10.8. The molecule has 0 unspecified atom stereocenters. The van der Waals surface area contributed by atoms with Crippen molar-refractivity contribution >= 4 is 15.9 Å². The number of hydrogen-bond donors (Lipinski definition) is 1. The molecule has 90 valence electrons. The Hall–Kier alpha value is 0.440. The first-order valence-corrected chi connectivity index (χ1v) is 7.82. The van der Waals surface area contributed by atoms with Crippen molar-refractivity contribution in [2.75, 3.05) is 18.4 Å². The zero-order valence-electron chi connectivity index (χ0n) is 9.94. The van der Waals surface area contributed by atoms with Crippen LogP contribution >= 0.6 is 15.9 Å². The summed E-state index contributed by atoms with van der Waals surface area (Å²) >= 11 is 3.47. The van der Waals surface area contributed by atoms with Crippen LogP contribution in [-0.2, 0) is 0 Å². The normalized spacial score (nSPS) is 18.2. The van der Waals surface area contributed by atoms with E-state index in [1.807, 2.05) is 0 Å². The van der Waals surface area contributed by atoms with E-state index in [0.29, 0.717) is 0 Å². The molecule has 0 saturated heterocycles. The van der Waals surface area contributed by atoms with Crippen molar-refractivity contribution in [3.63, 3.8) is 0 Å². The van der Waals surface area contributed by atoms with Gasteiger partial charge in [-0.1, -0.05) is 48.0 Å². The van der Waals surface area contributed by atoms with Crippen molar-refractivity contribution in [3.8, 4) is 0 Å². The lowest BCUT2D eigenvalue weighted by atomic mass is 9.89. The van der Waals surface area contributed by atoms with Crippen LogP contribution in [0.15, 0.2) is 0 Å². The summed E-state index contributed by atoms with van der Waals surface area (Å²) in [6, 6.07) is 0. The smallest absolute Gasteiger partial charge is 0.00313 e. The fraction of sp³-hybridized carbons (Fsp3) is 1.00. The van der Waals surface area contributed by atoms with E-state index < -0.39 is 0 Å². The molecule has 1 rings (SSSR count). The summed E-state index contributed by atoms with van der Waals surface area (Å²) < 4.78 is 0. The standard InChI is InChI=1S/C13H26BrN/c14-10-6-1-2-7-11-15-12-13-8-4-3-5-9-13/h13,15H,1-12H2. The molecule has 0 radical (unpaired) electrons. The molecule has 0 aromatic carbocycles. The predicted molar refractivity (Wildman–Crippen MR) is 71.7 cm³/mol. The predicted octanol–water partition coefficient (Wildman–Crippen LogP) is 4.11. The molecule has 0 aromatic heterocycles. The van der Waals surface area contributed by atoms with E-state index in [1.54, 1.807) is 0 Å². The number of nitrogens with one attached hydrogen (secondary N) is 1. The molecule has 0 aliphatic heterocycles. The van der Waals surface area contributed by atoms with Crippen molar-refractivity contribution in [2.24, 2.45) is 5.92 Å². The number of unbranched alkanes of at least 4 members (excludes halogenated alkanes) is 3. The second-order valence-corrected chi connectivity index (χ2v) is 5.60. The zero-order valence-corrected chi connectivity index (χ0v) is 11.5. The SMILES string of the molecule is BrCCCCCCNCC1CCCCC1. The summed E-state index contributed by atoms with van der Waals surface area (Å²) in [5.41, 5.74) is 0. The van der Waals surface area contributed by atoms with Gasteiger partial charge in [-0.25, -0.2) is 0 Å². The van der Waals surface area contributed by atoms with Crippen LogP contribution in [0.4, 0.5) is 0 Å². The summed E-state index contributed by atoms with van der Waals surface area (Å²) in [6.45, 7) is 2.51. The monoisotopic (exact) mass is 275 g/mol. The largest absolute Gasteiger partial charge is 0.316 e. The molecule has 0 spiro atoms. The minimum absolute atomic E-state index is 0.987. The third kappa shape index (κ3) is 7.35. The lowest BCUT2D eigenvalue weighted by Crippen LogP contribution is -2.25. The number of halogens is 1. The molecule has 1 saturated carbocycles. The van der Waals surface area contributed by atoms with Crippen LogP contribution in [-0.4, -0.2) is 18.4 Å². The molecule has 15 heavy (non-hydrogen) atoms. The maximum atomic E-state index is 3.62. The maximum absolute atomic E-state index is 3.62. The van der Waals surface area contributed by atoms with Gasteiger partial charge in [0.25, 0.3) is 0 Å². The molecule has 1 nitrogen and oxygen atoms in total. The summed E-state index contributed by atoms with van der Waals surface area (Å²) in [7, 11) is 0. The van der Waals surface area contributed by atoms with Crippen LogP contribution in [0, 0.1) is 5.92 Å². The van der Waals surface area contributed by atoms with E-state index in [9.17, 15) is 0 Å². The van der Waals surface area contributed by atoms with Crippen molar-refractivity contribution in [3.05, 3.63) is 0 Å². The highest BCUT2D eigenvalue weighted by Gasteiger charge is 2.11. The first-order chi connectivity index (χ1) is 7.43. The first-order valence-electron chi connectivity index (χ1n) is 6.70. The lowest BCUT2D eigenvalue weighted by molar-refractivity contribution is 0.341. The van der Waals surface area contributed by atoms with Gasteiger partial charge < -0.3 is 5.32 Å². The molecule has 1 fully saturated rings. The molecule has 1 aliphatic carbocycles. The molecular weight excluding hydrogens is 250 g/mol. The summed E-state index contributed by atoms with van der Waals surface area (Å²) in [5.74, 6) is 0.987. The summed E-state index contributed by atoms with van der Waals surface area (Å²) in [4.78, 5) is 0. The number of alkyl halides is 1. The van der Waals surface area contributed by atoms with E-state index in [0.717, 1.165) is 5.92 Å². The van der Waals surface area contributed by atoms with Crippen LogP contribution in [0.5, 0.6) is 0 Å². The van der Waals surface area contributed by atoms with E-state index in [1.165, 1.54) is 76.2 Å². The molecule has 0 bridgehead atoms. The molecule has 2 heteroatoms. The summed E-state index contributed by atoms with van der Waals surface area (Å²) in [6.07, 6.45) is 12.8. The Balaban J connectivity index is 1.79. The van der Waals surface area contributed by atoms with Gasteiger partial charge in [0.2, 0.25) is 0 Å². The van der Waals surface area contributed by atoms with Gasteiger partial charge in [0.15, 0.2) is 0 Å². The van der Waals surface area contributed by atoms with E-state index in [-0.39, 0.29) is 0 Å². The molecule has 1 aliphatic rings. The van der Waals surface area contributed by atoms with Gasteiger partial charge in [0, 0.05) is 5.33 Å². The van der Waals surface area contributed by atoms with Crippen LogP contribution in [0.3, 0.4) is 0 Å². The Kier molecular flexibility index (Phi) is 8.69. The quantitative estimate of drug-likeness (QED) is 0.519. The Morgan fingerprint density at radius 1 is 0.933 bits per heavy atom. The average molecular weight is 276 g/mol.